The van der Waals surface area contributed by atoms with E-state index in [1.54, 1.807) is 31.4 Å². The number of sulfonamides is 1. The zero-order valence-electron chi connectivity index (χ0n) is 65.7. The number of carbonyl (C=O) groups excluding carboxylic acids is 2. The fraction of sp³-hybridized carbons (Fsp3) is 0.360. The number of H-pyrrole nitrogens is 1. The van der Waals surface area contributed by atoms with E-state index in [9.17, 15) is 40.7 Å². The van der Waals surface area contributed by atoms with E-state index in [0.29, 0.717) is 48.0 Å². The van der Waals surface area contributed by atoms with Crippen LogP contribution in [0.2, 0.25) is 0 Å². The Morgan fingerprint density at radius 2 is 1.18 bits per heavy atom. The number of halogens is 4. The van der Waals surface area contributed by atoms with Gasteiger partial charge in [0.2, 0.25) is 16.0 Å². The van der Waals surface area contributed by atoms with Crippen LogP contribution in [0.4, 0.5) is 29.2 Å². The van der Waals surface area contributed by atoms with Crippen molar-refractivity contribution in [2.24, 2.45) is 30.7 Å². The minimum Gasteiger partial charge on any atom is -0.461 e. The maximum atomic E-state index is 13.3. The molecule has 19 heteroatoms. The van der Waals surface area contributed by atoms with Crippen molar-refractivity contribution < 1.29 is 50.1 Å². The van der Waals surface area contributed by atoms with E-state index in [1.165, 1.54) is 61.0 Å². The molecule has 4 heterocycles. The number of aliphatic hydroxyl groups excluding tert-OH is 1. The second-order valence-electron chi connectivity index (χ2n) is 29.3. The van der Waals surface area contributed by atoms with Gasteiger partial charge in [-0.2, -0.15) is 0 Å². The summed E-state index contributed by atoms with van der Waals surface area (Å²) in [6, 6.07) is 45.0. The second-order valence-corrected chi connectivity index (χ2v) is 31.3. The first-order chi connectivity index (χ1) is 51.1. The highest BCUT2D eigenvalue weighted by atomic mass is 32.2. The fourth-order valence-electron chi connectivity index (χ4n) is 13.9. The van der Waals surface area contributed by atoms with Gasteiger partial charge in [0.25, 0.3) is 5.91 Å². The van der Waals surface area contributed by atoms with Gasteiger partial charge in [-0.15, -0.1) is 0 Å². The number of methoxy groups -OCH3 is 1. The number of ether oxygens (including phenoxy) is 2. The van der Waals surface area contributed by atoms with Crippen molar-refractivity contribution in [3.63, 3.8) is 0 Å². The van der Waals surface area contributed by atoms with Gasteiger partial charge in [-0.25, -0.2) is 40.3 Å². The van der Waals surface area contributed by atoms with Gasteiger partial charge in [-0.3, -0.25) is 14.6 Å². The summed E-state index contributed by atoms with van der Waals surface area (Å²) in [6.07, 6.45) is 7.87. The molecule has 1 amide bonds. The number of allylic oxidation sites excluding steroid dienone is 2. The van der Waals surface area contributed by atoms with Crippen LogP contribution < -0.4 is 9.62 Å². The molecule has 2 aliphatic carbocycles. The molecule has 108 heavy (non-hydrogen) atoms. The Bertz CT molecular complexity index is 4880. The number of carbonyl (C=O) groups is 2. The minimum absolute atomic E-state index is 0.0756. The highest BCUT2D eigenvalue weighted by Gasteiger charge is 2.40. The molecular weight excluding hydrogens is 1390 g/mol. The summed E-state index contributed by atoms with van der Waals surface area (Å²) in [4.78, 5) is 42.0. The Hall–Kier alpha value is -9.82. The van der Waals surface area contributed by atoms with Crippen LogP contribution in [-0.4, -0.2) is 82.5 Å². The molecule has 2 aliphatic rings. The number of esters is 1. The monoisotopic (exact) mass is 1490 g/mol. The number of hydrogen-bond donors (Lipinski definition) is 3. The summed E-state index contributed by atoms with van der Waals surface area (Å²) in [6.45, 7) is 31.5. The van der Waals surface area contributed by atoms with Crippen LogP contribution in [0.3, 0.4) is 0 Å². The van der Waals surface area contributed by atoms with Crippen LogP contribution >= 0.6 is 0 Å². The molecule has 4 aromatic heterocycles. The number of aliphatic hydroxyl groups is 1. The summed E-state index contributed by atoms with van der Waals surface area (Å²) in [7, 11) is 1.58. The highest BCUT2D eigenvalue weighted by Crippen LogP contribution is 2.43. The molecule has 0 spiro atoms. The van der Waals surface area contributed by atoms with Crippen molar-refractivity contribution in [3.05, 3.63) is 256 Å². The van der Waals surface area contributed by atoms with Gasteiger partial charge >= 0.3 is 5.97 Å². The van der Waals surface area contributed by atoms with Crippen LogP contribution in [0.25, 0.3) is 55.7 Å². The first kappa shape index (κ1) is 83.8. The molecule has 6 atom stereocenters. The largest absolute Gasteiger partial charge is 0.461 e. The number of rotatable bonds is 17. The molecule has 12 rings (SSSR count). The van der Waals surface area contributed by atoms with Crippen LogP contribution in [-0.2, 0) is 37.9 Å². The van der Waals surface area contributed by atoms with E-state index in [4.69, 9.17) is 14.5 Å². The van der Waals surface area contributed by atoms with Gasteiger partial charge < -0.3 is 29.4 Å². The van der Waals surface area contributed by atoms with Gasteiger partial charge in [0.1, 0.15) is 29.4 Å². The lowest BCUT2D eigenvalue weighted by Crippen LogP contribution is -2.41. The SMILES string of the molecule is CC(C)c1c(C(=O)Nc2ccccc2)cc(-c2ccc(F)cc2)n1C.CC[C@H](C)C(=O)OC1C[C@H](O)C=C2C=C[C@@H](C)[C@H](C)C21.COCc1c(C(C)C)nc(C(C)C)c(C)c1-c1ccc(F)cc1.Cc1[nH]c2ccccc2c1-c1ccc(F)cc1.Cc1c(-c2ccc(F)cc2)nc(N(C)S(C)(=O)=O)nc1C(C)C. The molecule has 0 bridgehead atoms. The molecule has 0 saturated carbocycles. The lowest BCUT2D eigenvalue weighted by atomic mass is 9.69. The molecule has 572 valence electrons. The van der Waals surface area contributed by atoms with Gasteiger partial charge in [-0.1, -0.05) is 162 Å². The van der Waals surface area contributed by atoms with E-state index < -0.39 is 16.1 Å². The number of amides is 1. The topological polar surface area (TPSA) is 182 Å². The zero-order valence-corrected chi connectivity index (χ0v) is 66.5. The number of nitrogens with one attached hydrogen (secondary N) is 2. The molecule has 0 aliphatic heterocycles. The van der Waals surface area contributed by atoms with E-state index in [2.05, 4.69) is 107 Å². The van der Waals surface area contributed by atoms with Crippen LogP contribution in [0, 0.1) is 67.7 Å². The Morgan fingerprint density at radius 1 is 0.667 bits per heavy atom. The lowest BCUT2D eigenvalue weighted by molar-refractivity contribution is -0.158. The predicted molar refractivity (Wildman–Crippen MR) is 429 cm³/mol. The average molecular weight is 1490 g/mol. The van der Waals surface area contributed by atoms with E-state index >= 15 is 0 Å². The number of benzene rings is 6. The highest BCUT2D eigenvalue weighted by molar-refractivity contribution is 7.92. The third-order valence-electron chi connectivity index (χ3n) is 19.9. The third kappa shape index (κ3) is 20.7. The molecule has 14 nitrogen and oxygen atoms in total. The van der Waals surface area contributed by atoms with Crippen molar-refractivity contribution in [3.8, 4) is 44.8 Å². The van der Waals surface area contributed by atoms with Gasteiger partial charge in [-0.05, 0) is 199 Å². The quantitative estimate of drug-likeness (QED) is 0.0586. The van der Waals surface area contributed by atoms with Crippen molar-refractivity contribution in [1.29, 1.82) is 0 Å². The van der Waals surface area contributed by atoms with Crippen LogP contribution in [0.15, 0.2) is 182 Å². The van der Waals surface area contributed by atoms with Crippen molar-refractivity contribution in [2.45, 2.75) is 159 Å². The lowest BCUT2D eigenvalue weighted by Gasteiger charge is -2.41. The van der Waals surface area contributed by atoms with Crippen LogP contribution in [0.5, 0.6) is 0 Å². The average Bonchev–Trinajstić information content (AvgIpc) is 1.52. The van der Waals surface area contributed by atoms with E-state index in [0.717, 1.165) is 118 Å². The Balaban J connectivity index is 0.000000171. The summed E-state index contributed by atoms with van der Waals surface area (Å²) in [5.74, 6) is 0.751. The molecule has 2 unspecified atom stereocenters. The summed E-state index contributed by atoms with van der Waals surface area (Å²) < 4.78 is 90.4. The standard InChI is InChI=1S/C21H21FN2O.C20H26FNO.C17H26O3.C16H20FN3O2S.C15H12FN/c1-14(2)20-18(21(25)23-17-7-5-4-6-8-17)13-19(24(20)3)15-9-11-16(22)12-10-15;1-12(2)19-14(5)18(15-7-9-16(21)10-8-15)17(11-23-6)20(22-19)13(3)4;1-5-10(2)17(19)20-15-9-14(18)8-13-7-6-11(3)12(4)16(13)15;1-10(2)14-11(3)15(12-6-8-13(17)9-7-12)19-16(18-14)20(4)23(5,21)22;1-10-15(11-6-8-12(16)9-7-11)13-4-2-3-5-14(13)17-10/h4-14H,1-3H3,(H,23,25);7-10,12-13H,11H2,1-6H3;6-8,10-12,14-16,18H,5,9H2,1-4H3;6-10H,1-5H3;2-9,17H,1H3/t;;10-,11+,12-,14+,15?,16?;;/m..0../s1. The van der Waals surface area contributed by atoms with Gasteiger partial charge in [0.15, 0.2) is 0 Å². The van der Waals surface area contributed by atoms with Crippen molar-refractivity contribution in [1.82, 2.24) is 24.5 Å². The first-order valence-electron chi connectivity index (χ1n) is 36.9. The Kier molecular flexibility index (Phi) is 29.0. The van der Waals surface area contributed by atoms with E-state index in [-0.39, 0.29) is 70.9 Å². The number of anilines is 2. The number of pyridine rings is 1. The number of para-hydroxylation sites is 2. The van der Waals surface area contributed by atoms with E-state index in [1.807, 2.05) is 132 Å². The molecule has 6 aromatic carbocycles. The van der Waals surface area contributed by atoms with Gasteiger partial charge in [0, 0.05) is 95.3 Å². The number of hydrogen-bond acceptors (Lipinski definition) is 10. The summed E-state index contributed by atoms with van der Waals surface area (Å²) >= 11 is 0. The number of nitrogens with zero attached hydrogens (tertiary/aromatic N) is 5. The molecule has 0 radical (unpaired) electrons. The summed E-state index contributed by atoms with van der Waals surface area (Å²) in [5.41, 5.74) is 19.2. The molecule has 0 fully saturated rings. The number of fused-ring (bicyclic) bond motifs is 2. The van der Waals surface area contributed by atoms with Crippen molar-refractivity contribution in [2.75, 3.05) is 30.0 Å². The second kappa shape index (κ2) is 37.3. The number of aryl methyl sites for hydroxylation is 1. The molecule has 0 saturated heterocycles. The Morgan fingerprint density at radius 3 is 1.69 bits per heavy atom. The number of aromatic amines is 1. The van der Waals surface area contributed by atoms with Crippen LogP contribution in [0.1, 0.15) is 175 Å². The fourth-order valence-corrected chi connectivity index (χ4v) is 14.2. The molecule has 3 N–H and O–H groups in total. The first-order valence-corrected chi connectivity index (χ1v) is 38.8. The smallest absolute Gasteiger partial charge is 0.308 e. The summed E-state index contributed by atoms with van der Waals surface area (Å²) in [5, 5.41) is 14.1. The Labute approximate surface area is 635 Å². The normalized spacial score (nSPS) is 16.2. The predicted octanol–water partition coefficient (Wildman–Crippen LogP) is 21.3. The number of aromatic nitrogens is 5. The maximum Gasteiger partial charge on any atom is 0.308 e. The van der Waals surface area contributed by atoms with Gasteiger partial charge in [0.05, 0.1) is 41.8 Å². The van der Waals surface area contributed by atoms with Crippen molar-refractivity contribution >= 4 is 44.4 Å². The minimum atomic E-state index is -3.47. The maximum absolute atomic E-state index is 13.3. The molecular formula is C89H105F4N7O7S. The zero-order chi connectivity index (χ0) is 79.2. The third-order valence-corrected chi connectivity index (χ3v) is 21.1. The molecule has 10 aromatic rings.